The van der Waals surface area contributed by atoms with Crippen LogP contribution in [0.2, 0.25) is 0 Å². The average molecular weight is 263 g/mol. The van der Waals surface area contributed by atoms with Gasteiger partial charge in [-0.2, -0.15) is 0 Å². The van der Waals surface area contributed by atoms with Crippen LogP contribution in [-0.4, -0.2) is 16.1 Å². The lowest BCUT2D eigenvalue weighted by atomic mass is 9.92. The molecule has 1 saturated carbocycles. The smallest absolute Gasteiger partial charge is 0.0950 e. The maximum absolute atomic E-state index is 5.98. The van der Waals surface area contributed by atoms with Crippen LogP contribution in [0.3, 0.4) is 0 Å². The Kier molecular flexibility index (Phi) is 5.03. The molecule has 108 valence electrons. The number of rotatable bonds is 4. The van der Waals surface area contributed by atoms with Crippen molar-refractivity contribution in [3.63, 3.8) is 0 Å². The summed E-state index contributed by atoms with van der Waals surface area (Å²) in [4.78, 5) is 4.41. The van der Waals surface area contributed by atoms with E-state index < -0.39 is 0 Å². The summed E-state index contributed by atoms with van der Waals surface area (Å²) >= 11 is 0. The van der Waals surface area contributed by atoms with Crippen molar-refractivity contribution in [3.05, 3.63) is 18.2 Å². The first kappa shape index (κ1) is 14.6. The second-order valence-corrected chi connectivity index (χ2v) is 6.58. The van der Waals surface area contributed by atoms with Gasteiger partial charge in [0, 0.05) is 30.4 Å². The molecular weight excluding hydrogens is 234 g/mol. The Morgan fingerprint density at radius 2 is 2.11 bits per heavy atom. The summed E-state index contributed by atoms with van der Waals surface area (Å²) in [6, 6.07) is 0.634. The van der Waals surface area contributed by atoms with Gasteiger partial charge in [0.15, 0.2) is 0 Å². The van der Waals surface area contributed by atoms with Gasteiger partial charge in [-0.1, -0.05) is 33.6 Å². The number of hydrogen-bond donors (Lipinski definition) is 1. The fraction of sp³-hybridized carbons (Fsp3) is 0.812. The van der Waals surface area contributed by atoms with Gasteiger partial charge in [-0.05, 0) is 31.1 Å². The quantitative estimate of drug-likeness (QED) is 0.841. The predicted molar refractivity (Wildman–Crippen MR) is 80.1 cm³/mol. The third-order valence-electron chi connectivity index (χ3n) is 4.75. The molecule has 1 aromatic rings. The van der Waals surface area contributed by atoms with Gasteiger partial charge >= 0.3 is 0 Å². The molecule has 3 nitrogen and oxygen atoms in total. The zero-order valence-electron chi connectivity index (χ0n) is 12.7. The minimum atomic E-state index is 0.433. The van der Waals surface area contributed by atoms with Crippen molar-refractivity contribution in [1.29, 1.82) is 0 Å². The number of nitrogens with two attached hydrogens (primary N) is 1. The van der Waals surface area contributed by atoms with Crippen molar-refractivity contribution >= 4 is 0 Å². The normalized spacial score (nSPS) is 26.4. The molecule has 19 heavy (non-hydrogen) atoms. The van der Waals surface area contributed by atoms with E-state index in [1.807, 2.05) is 12.5 Å². The Balaban J connectivity index is 2.18. The van der Waals surface area contributed by atoms with E-state index >= 15 is 0 Å². The zero-order chi connectivity index (χ0) is 13.8. The molecule has 0 aliphatic heterocycles. The van der Waals surface area contributed by atoms with Crippen LogP contribution in [0.15, 0.2) is 12.5 Å². The first-order valence-corrected chi connectivity index (χ1v) is 7.85. The van der Waals surface area contributed by atoms with Gasteiger partial charge < -0.3 is 10.3 Å². The first-order valence-electron chi connectivity index (χ1n) is 7.85. The van der Waals surface area contributed by atoms with E-state index in [4.69, 9.17) is 5.73 Å². The fourth-order valence-corrected chi connectivity index (χ4v) is 3.39. The van der Waals surface area contributed by atoms with Crippen LogP contribution in [0.25, 0.3) is 0 Å². The maximum atomic E-state index is 5.98. The molecule has 0 aromatic carbocycles. The van der Waals surface area contributed by atoms with Crippen LogP contribution >= 0.6 is 0 Å². The summed E-state index contributed by atoms with van der Waals surface area (Å²) in [6.07, 6.45) is 10.7. The van der Waals surface area contributed by atoms with Gasteiger partial charge in [-0.25, -0.2) is 4.98 Å². The van der Waals surface area contributed by atoms with Crippen LogP contribution in [0.4, 0.5) is 0 Å². The molecule has 1 fully saturated rings. The number of nitrogens with zero attached hydrogens (tertiary/aromatic N) is 2. The van der Waals surface area contributed by atoms with Gasteiger partial charge in [-0.15, -0.1) is 0 Å². The molecule has 0 bridgehead atoms. The second-order valence-electron chi connectivity index (χ2n) is 6.58. The molecule has 0 amide bonds. The summed E-state index contributed by atoms with van der Waals surface area (Å²) in [5.41, 5.74) is 7.32. The van der Waals surface area contributed by atoms with E-state index in [1.165, 1.54) is 37.8 Å². The molecule has 0 saturated heterocycles. The number of imidazole rings is 1. The summed E-state index contributed by atoms with van der Waals surface area (Å²) in [5, 5.41) is 0. The molecule has 2 N–H and O–H groups in total. The molecule has 0 spiro atoms. The SMILES string of the molecule is CC1CCCC(n2cncc2C(CN)C(C)C)CC1. The molecule has 3 atom stereocenters. The van der Waals surface area contributed by atoms with Crippen molar-refractivity contribution in [3.8, 4) is 0 Å². The van der Waals surface area contributed by atoms with Gasteiger partial charge in [-0.3, -0.25) is 0 Å². The standard InChI is InChI=1S/C16H29N3/c1-12(2)15(9-17)16-10-18-11-19(16)14-6-4-5-13(3)7-8-14/h10-15H,4-9,17H2,1-3H3. The number of aromatic nitrogens is 2. The van der Waals surface area contributed by atoms with Crippen LogP contribution in [0.1, 0.15) is 70.5 Å². The highest BCUT2D eigenvalue weighted by Crippen LogP contribution is 2.33. The third kappa shape index (κ3) is 3.38. The van der Waals surface area contributed by atoms with Crippen molar-refractivity contribution in [2.75, 3.05) is 6.54 Å². The second kappa shape index (κ2) is 6.56. The summed E-state index contributed by atoms with van der Waals surface area (Å²) in [6.45, 7) is 7.61. The third-order valence-corrected chi connectivity index (χ3v) is 4.75. The zero-order valence-corrected chi connectivity index (χ0v) is 12.7. The Hall–Kier alpha value is -0.830. The molecular formula is C16H29N3. The van der Waals surface area contributed by atoms with E-state index in [-0.39, 0.29) is 0 Å². The highest BCUT2D eigenvalue weighted by molar-refractivity contribution is 5.09. The lowest BCUT2D eigenvalue weighted by Gasteiger charge is -2.25. The lowest BCUT2D eigenvalue weighted by molar-refractivity contribution is 0.394. The van der Waals surface area contributed by atoms with E-state index in [2.05, 4.69) is 30.3 Å². The van der Waals surface area contributed by atoms with Gasteiger partial charge in [0.05, 0.1) is 6.33 Å². The van der Waals surface area contributed by atoms with Crippen molar-refractivity contribution < 1.29 is 0 Å². The van der Waals surface area contributed by atoms with Gasteiger partial charge in [0.1, 0.15) is 0 Å². The van der Waals surface area contributed by atoms with E-state index in [0.29, 0.717) is 24.4 Å². The highest BCUT2D eigenvalue weighted by atomic mass is 15.1. The summed E-state index contributed by atoms with van der Waals surface area (Å²) < 4.78 is 2.43. The molecule has 3 heteroatoms. The molecule has 0 radical (unpaired) electrons. The molecule has 2 rings (SSSR count). The average Bonchev–Trinajstić information content (AvgIpc) is 2.73. The van der Waals surface area contributed by atoms with Gasteiger partial charge in [0.25, 0.3) is 0 Å². The van der Waals surface area contributed by atoms with E-state index in [1.54, 1.807) is 0 Å². The summed E-state index contributed by atoms with van der Waals surface area (Å²) in [5.74, 6) is 1.89. The van der Waals surface area contributed by atoms with Crippen LogP contribution in [0, 0.1) is 11.8 Å². The Morgan fingerprint density at radius 1 is 1.32 bits per heavy atom. The van der Waals surface area contributed by atoms with Crippen LogP contribution in [-0.2, 0) is 0 Å². The highest BCUT2D eigenvalue weighted by Gasteiger charge is 2.23. The van der Waals surface area contributed by atoms with E-state index in [0.717, 1.165) is 5.92 Å². The fourth-order valence-electron chi connectivity index (χ4n) is 3.39. The Morgan fingerprint density at radius 3 is 2.79 bits per heavy atom. The minimum Gasteiger partial charge on any atom is -0.331 e. The minimum absolute atomic E-state index is 0.433. The first-order chi connectivity index (χ1) is 9.13. The molecule has 1 aliphatic carbocycles. The molecule has 1 aromatic heterocycles. The predicted octanol–water partition coefficient (Wildman–Crippen LogP) is 3.72. The summed E-state index contributed by atoms with van der Waals surface area (Å²) in [7, 11) is 0. The van der Waals surface area contributed by atoms with Crippen molar-refractivity contribution in [1.82, 2.24) is 9.55 Å². The Bertz CT molecular complexity index is 383. The maximum Gasteiger partial charge on any atom is 0.0950 e. The monoisotopic (exact) mass is 263 g/mol. The number of hydrogen-bond acceptors (Lipinski definition) is 2. The lowest BCUT2D eigenvalue weighted by Crippen LogP contribution is -2.22. The van der Waals surface area contributed by atoms with E-state index in [9.17, 15) is 0 Å². The van der Waals surface area contributed by atoms with Gasteiger partial charge in [0.2, 0.25) is 0 Å². The van der Waals surface area contributed by atoms with Crippen molar-refractivity contribution in [2.45, 2.75) is 64.8 Å². The Labute approximate surface area is 117 Å². The van der Waals surface area contributed by atoms with Crippen LogP contribution in [0.5, 0.6) is 0 Å². The topological polar surface area (TPSA) is 43.8 Å². The van der Waals surface area contributed by atoms with Crippen LogP contribution < -0.4 is 5.73 Å². The molecule has 1 aliphatic rings. The molecule has 3 unspecified atom stereocenters. The largest absolute Gasteiger partial charge is 0.331 e. The molecule has 1 heterocycles. The van der Waals surface area contributed by atoms with Crippen molar-refractivity contribution in [2.24, 2.45) is 17.6 Å².